The van der Waals surface area contributed by atoms with E-state index in [1.807, 2.05) is 24.3 Å². The molecule has 3 rings (SSSR count). The summed E-state index contributed by atoms with van der Waals surface area (Å²) in [6, 6.07) is 7.61. The maximum atomic E-state index is 10.7. The van der Waals surface area contributed by atoms with Crippen molar-refractivity contribution < 1.29 is 9.66 Å². The van der Waals surface area contributed by atoms with Gasteiger partial charge in [-0.1, -0.05) is 29.8 Å². The molecule has 1 fully saturated rings. The van der Waals surface area contributed by atoms with Gasteiger partial charge in [0, 0.05) is 23.7 Å². The Labute approximate surface area is 132 Å². The van der Waals surface area contributed by atoms with Crippen molar-refractivity contribution in [3.8, 4) is 0 Å². The highest BCUT2D eigenvalue weighted by molar-refractivity contribution is 6.31. The Kier molecular flexibility index (Phi) is 4.37. The average Bonchev–Trinajstić information content (AvgIpc) is 2.97. The second-order valence-electron chi connectivity index (χ2n) is 5.09. The number of benzene rings is 1. The fourth-order valence-corrected chi connectivity index (χ4v) is 2.74. The minimum absolute atomic E-state index is 0.00378. The first-order valence-corrected chi connectivity index (χ1v) is 7.26. The van der Waals surface area contributed by atoms with Gasteiger partial charge in [-0.15, -0.1) is 0 Å². The molecule has 1 aromatic heterocycles. The molecule has 1 aromatic carbocycles. The van der Waals surface area contributed by atoms with E-state index >= 15 is 0 Å². The van der Waals surface area contributed by atoms with E-state index in [0.29, 0.717) is 24.8 Å². The summed E-state index contributed by atoms with van der Waals surface area (Å²) in [7, 11) is 0. The Balaban J connectivity index is 1.68. The van der Waals surface area contributed by atoms with Gasteiger partial charge in [0.25, 0.3) is 0 Å². The summed E-state index contributed by atoms with van der Waals surface area (Å²) in [6.07, 6.45) is 2.58. The Morgan fingerprint density at radius 2 is 2.27 bits per heavy atom. The van der Waals surface area contributed by atoms with Crippen molar-refractivity contribution in [1.82, 2.24) is 14.7 Å². The Bertz CT molecular complexity index is 676. The van der Waals surface area contributed by atoms with E-state index in [1.54, 1.807) is 4.68 Å². The normalized spacial score (nSPS) is 19.2. The molecule has 0 aliphatic carbocycles. The van der Waals surface area contributed by atoms with Crippen LogP contribution < -0.4 is 0 Å². The smallest absolute Gasteiger partial charge is 0.307 e. The number of hydrogen-bond acceptors (Lipinski definition) is 5. The summed E-state index contributed by atoms with van der Waals surface area (Å²) in [6.45, 7) is 2.48. The molecule has 8 heteroatoms. The molecule has 2 heterocycles. The summed E-state index contributed by atoms with van der Waals surface area (Å²) in [5, 5.41) is 15.4. The van der Waals surface area contributed by atoms with Crippen molar-refractivity contribution in [1.29, 1.82) is 0 Å². The SMILES string of the molecule is O=[N+]([O-])c1cnn(CN2CCO[C@H](c3ccccc3Cl)C2)c1. The molecule has 1 saturated heterocycles. The highest BCUT2D eigenvalue weighted by Crippen LogP contribution is 2.28. The van der Waals surface area contributed by atoms with Crippen LogP contribution >= 0.6 is 11.6 Å². The number of ether oxygens (including phenoxy) is 1. The van der Waals surface area contributed by atoms with Crippen molar-refractivity contribution in [2.45, 2.75) is 12.8 Å². The third-order valence-corrected chi connectivity index (χ3v) is 3.92. The topological polar surface area (TPSA) is 73.4 Å². The lowest BCUT2D eigenvalue weighted by atomic mass is 10.1. The van der Waals surface area contributed by atoms with Crippen LogP contribution in [0.2, 0.25) is 5.02 Å². The number of halogens is 1. The van der Waals surface area contributed by atoms with E-state index in [4.69, 9.17) is 16.3 Å². The minimum atomic E-state index is -0.449. The second kappa shape index (κ2) is 6.43. The maximum absolute atomic E-state index is 10.7. The molecular formula is C14H15ClN4O3. The zero-order valence-corrected chi connectivity index (χ0v) is 12.5. The fourth-order valence-electron chi connectivity index (χ4n) is 2.48. The lowest BCUT2D eigenvalue weighted by molar-refractivity contribution is -0.385. The summed E-state index contributed by atoms with van der Waals surface area (Å²) in [5.41, 5.74) is 0.955. The number of rotatable bonds is 4. The lowest BCUT2D eigenvalue weighted by Crippen LogP contribution is -2.39. The van der Waals surface area contributed by atoms with Crippen LogP contribution in [0.3, 0.4) is 0 Å². The highest BCUT2D eigenvalue weighted by Gasteiger charge is 2.24. The second-order valence-corrected chi connectivity index (χ2v) is 5.50. The Hall–Kier alpha value is -1.96. The summed E-state index contributed by atoms with van der Waals surface area (Å²) >= 11 is 6.21. The van der Waals surface area contributed by atoms with E-state index < -0.39 is 4.92 Å². The zero-order chi connectivity index (χ0) is 15.5. The highest BCUT2D eigenvalue weighted by atomic mass is 35.5. The lowest BCUT2D eigenvalue weighted by Gasteiger charge is -2.33. The average molecular weight is 323 g/mol. The molecule has 0 spiro atoms. The number of nitrogens with zero attached hydrogens (tertiary/aromatic N) is 4. The van der Waals surface area contributed by atoms with E-state index in [0.717, 1.165) is 12.1 Å². The largest absolute Gasteiger partial charge is 0.371 e. The van der Waals surface area contributed by atoms with Gasteiger partial charge in [0.1, 0.15) is 12.4 Å². The van der Waals surface area contributed by atoms with Crippen molar-refractivity contribution >= 4 is 17.3 Å². The van der Waals surface area contributed by atoms with Crippen molar-refractivity contribution in [3.05, 3.63) is 57.4 Å². The Morgan fingerprint density at radius 1 is 1.45 bits per heavy atom. The van der Waals surface area contributed by atoms with Gasteiger partial charge >= 0.3 is 5.69 Å². The molecule has 7 nitrogen and oxygen atoms in total. The first kappa shape index (κ1) is 15.0. The van der Waals surface area contributed by atoms with Crippen molar-refractivity contribution in [2.24, 2.45) is 0 Å². The van der Waals surface area contributed by atoms with Crippen LogP contribution in [-0.4, -0.2) is 39.3 Å². The number of hydrogen-bond donors (Lipinski definition) is 0. The van der Waals surface area contributed by atoms with Crippen molar-refractivity contribution in [2.75, 3.05) is 19.7 Å². The number of nitro groups is 1. The number of morpholine rings is 1. The van der Waals surface area contributed by atoms with Crippen LogP contribution in [0.25, 0.3) is 0 Å². The van der Waals surface area contributed by atoms with Crippen LogP contribution in [0.1, 0.15) is 11.7 Å². The van der Waals surface area contributed by atoms with Gasteiger partial charge in [-0.3, -0.25) is 19.7 Å². The maximum Gasteiger partial charge on any atom is 0.307 e. The monoisotopic (exact) mass is 322 g/mol. The van der Waals surface area contributed by atoms with Gasteiger partial charge in [-0.25, -0.2) is 0 Å². The van der Waals surface area contributed by atoms with Gasteiger partial charge in [-0.2, -0.15) is 5.10 Å². The molecule has 116 valence electrons. The molecule has 2 aromatic rings. The molecule has 0 bridgehead atoms. The molecule has 1 aliphatic heterocycles. The van der Waals surface area contributed by atoms with Gasteiger partial charge in [0.15, 0.2) is 0 Å². The van der Waals surface area contributed by atoms with E-state index in [2.05, 4.69) is 10.00 Å². The van der Waals surface area contributed by atoms with Crippen LogP contribution in [0.15, 0.2) is 36.7 Å². The van der Waals surface area contributed by atoms with Gasteiger partial charge in [0.2, 0.25) is 0 Å². The molecule has 22 heavy (non-hydrogen) atoms. The molecule has 0 amide bonds. The predicted molar refractivity (Wildman–Crippen MR) is 80.6 cm³/mol. The summed E-state index contributed by atoms with van der Waals surface area (Å²) in [4.78, 5) is 12.4. The molecule has 0 N–H and O–H groups in total. The zero-order valence-electron chi connectivity index (χ0n) is 11.8. The predicted octanol–water partition coefficient (Wildman–Crippen LogP) is 2.48. The van der Waals surface area contributed by atoms with Crippen LogP contribution in [0.5, 0.6) is 0 Å². The van der Waals surface area contributed by atoms with Crippen LogP contribution in [0.4, 0.5) is 5.69 Å². The Morgan fingerprint density at radius 3 is 3.00 bits per heavy atom. The third-order valence-electron chi connectivity index (χ3n) is 3.58. The van der Waals surface area contributed by atoms with Gasteiger partial charge in [-0.05, 0) is 6.07 Å². The molecule has 0 unspecified atom stereocenters. The van der Waals surface area contributed by atoms with E-state index in [9.17, 15) is 10.1 Å². The molecule has 0 saturated carbocycles. The minimum Gasteiger partial charge on any atom is -0.371 e. The molecular weight excluding hydrogens is 308 g/mol. The molecule has 1 aliphatic rings. The number of aromatic nitrogens is 2. The first-order valence-electron chi connectivity index (χ1n) is 6.89. The summed E-state index contributed by atoms with van der Waals surface area (Å²) < 4.78 is 7.35. The van der Waals surface area contributed by atoms with Gasteiger partial charge in [0.05, 0.1) is 24.3 Å². The van der Waals surface area contributed by atoms with Crippen LogP contribution in [0, 0.1) is 10.1 Å². The molecule has 1 atom stereocenters. The van der Waals surface area contributed by atoms with E-state index in [-0.39, 0.29) is 11.8 Å². The summed E-state index contributed by atoms with van der Waals surface area (Å²) in [5.74, 6) is 0. The van der Waals surface area contributed by atoms with E-state index in [1.165, 1.54) is 12.4 Å². The third kappa shape index (κ3) is 3.27. The first-order chi connectivity index (χ1) is 10.6. The standard InChI is InChI=1S/C14H15ClN4O3/c15-13-4-2-1-3-12(13)14-9-17(5-6-22-14)10-18-8-11(7-16-18)19(20)21/h1-4,7-8,14H,5-6,9-10H2/t14-/m0/s1. The van der Waals surface area contributed by atoms with Crippen LogP contribution in [-0.2, 0) is 11.4 Å². The quantitative estimate of drug-likeness (QED) is 0.638. The van der Waals surface area contributed by atoms with Gasteiger partial charge < -0.3 is 4.74 Å². The van der Waals surface area contributed by atoms with Crippen molar-refractivity contribution in [3.63, 3.8) is 0 Å². The molecule has 0 radical (unpaired) electrons. The fraction of sp³-hybridized carbons (Fsp3) is 0.357.